The highest BCUT2D eigenvalue weighted by molar-refractivity contribution is 7.80. The van der Waals surface area contributed by atoms with Crippen molar-refractivity contribution in [2.24, 2.45) is 0 Å². The van der Waals surface area contributed by atoms with E-state index in [-0.39, 0.29) is 22.9 Å². The van der Waals surface area contributed by atoms with Crippen LogP contribution in [0.1, 0.15) is 40.0 Å². The lowest BCUT2D eigenvalue weighted by Crippen LogP contribution is -2.44. The Hall–Kier alpha value is -3.80. The molecule has 8 nitrogen and oxygen atoms in total. The standard InChI is InChI=1S/C23H23F3N6O2S/c1-13-3-7-15(8-4-13)28-22(35)31-30-21(33)17-12-27-32-19(23(24,25)26)11-18(29-20(17)32)14-5-9-16(34-2)10-6-14/h3-10,12,18-19,29H,11H2,1-2H3,(H,30,33)(H2,28,31,35)/t18-,19+/m1/s1. The average Bonchev–Trinajstić information content (AvgIpc) is 3.27. The molecule has 0 aliphatic carbocycles. The number of nitrogens with one attached hydrogen (secondary N) is 4. The lowest BCUT2D eigenvalue weighted by Gasteiger charge is -2.34. The van der Waals surface area contributed by atoms with Gasteiger partial charge in [0.2, 0.25) is 0 Å². The van der Waals surface area contributed by atoms with Crippen LogP contribution in [-0.4, -0.2) is 34.1 Å². The van der Waals surface area contributed by atoms with E-state index in [1.165, 1.54) is 7.11 Å². The maximum atomic E-state index is 13.9. The van der Waals surface area contributed by atoms with Crippen molar-refractivity contribution in [3.05, 3.63) is 71.4 Å². The third-order valence-electron chi connectivity index (χ3n) is 5.60. The number of anilines is 2. The maximum absolute atomic E-state index is 13.9. The first kappa shape index (κ1) is 24.3. The van der Waals surface area contributed by atoms with Crippen LogP contribution in [0.25, 0.3) is 0 Å². The molecular formula is C23H23F3N6O2S. The summed E-state index contributed by atoms with van der Waals surface area (Å²) in [6.07, 6.45) is -3.74. The number of carbonyl (C=O) groups excluding carboxylic acids is 1. The second-order valence-electron chi connectivity index (χ2n) is 8.01. The van der Waals surface area contributed by atoms with Crippen LogP contribution in [0.3, 0.4) is 0 Å². The van der Waals surface area contributed by atoms with Crippen LogP contribution in [0.2, 0.25) is 0 Å². The summed E-state index contributed by atoms with van der Waals surface area (Å²) in [5.74, 6) is -0.137. The number of ether oxygens (including phenoxy) is 1. The largest absolute Gasteiger partial charge is 0.497 e. The summed E-state index contributed by atoms with van der Waals surface area (Å²) in [7, 11) is 1.51. The fourth-order valence-electron chi connectivity index (χ4n) is 3.76. The van der Waals surface area contributed by atoms with E-state index >= 15 is 0 Å². The van der Waals surface area contributed by atoms with Gasteiger partial charge in [-0.1, -0.05) is 29.8 Å². The van der Waals surface area contributed by atoms with E-state index in [1.54, 1.807) is 24.3 Å². The summed E-state index contributed by atoms with van der Waals surface area (Å²) in [4.78, 5) is 12.8. The Morgan fingerprint density at radius 3 is 2.46 bits per heavy atom. The van der Waals surface area contributed by atoms with E-state index in [2.05, 4.69) is 26.6 Å². The molecule has 0 saturated heterocycles. The second kappa shape index (κ2) is 9.82. The molecule has 12 heteroatoms. The van der Waals surface area contributed by atoms with Gasteiger partial charge in [0.05, 0.1) is 19.3 Å². The molecule has 4 N–H and O–H groups in total. The van der Waals surface area contributed by atoms with Gasteiger partial charge in [0.15, 0.2) is 11.2 Å². The van der Waals surface area contributed by atoms with Crippen molar-refractivity contribution in [1.82, 2.24) is 20.6 Å². The number of thiocarbonyl (C=S) groups is 1. The zero-order chi connectivity index (χ0) is 25.2. The number of halogens is 3. The van der Waals surface area contributed by atoms with Crippen molar-refractivity contribution in [3.8, 4) is 5.75 Å². The van der Waals surface area contributed by atoms with Crippen LogP contribution in [0, 0.1) is 6.92 Å². The number of fused-ring (bicyclic) bond motifs is 1. The topological polar surface area (TPSA) is 92.2 Å². The molecule has 35 heavy (non-hydrogen) atoms. The minimum absolute atomic E-state index is 0.0314. The molecule has 3 aromatic rings. The van der Waals surface area contributed by atoms with Gasteiger partial charge in [-0.2, -0.15) is 18.3 Å². The van der Waals surface area contributed by atoms with Gasteiger partial charge in [-0.3, -0.25) is 15.6 Å². The molecular weight excluding hydrogens is 481 g/mol. The molecule has 0 spiro atoms. The maximum Gasteiger partial charge on any atom is 0.410 e. The summed E-state index contributed by atoms with van der Waals surface area (Å²) in [5, 5.41) is 9.92. The van der Waals surface area contributed by atoms with Crippen molar-refractivity contribution in [3.63, 3.8) is 0 Å². The Labute approximate surface area is 204 Å². The summed E-state index contributed by atoms with van der Waals surface area (Å²) >= 11 is 5.18. The number of aromatic nitrogens is 2. The Bertz CT molecular complexity index is 1210. The van der Waals surface area contributed by atoms with Crippen LogP contribution in [0.5, 0.6) is 5.75 Å². The first-order valence-corrected chi connectivity index (χ1v) is 11.0. The minimum Gasteiger partial charge on any atom is -0.497 e. The smallest absolute Gasteiger partial charge is 0.410 e. The molecule has 0 unspecified atom stereocenters. The molecule has 2 heterocycles. The van der Waals surface area contributed by atoms with Crippen molar-refractivity contribution in [1.29, 1.82) is 0 Å². The quantitative estimate of drug-likeness (QED) is 0.307. The molecule has 0 bridgehead atoms. The number of methoxy groups -OCH3 is 1. The summed E-state index contributed by atoms with van der Waals surface area (Å²) in [6.45, 7) is 1.95. The number of amides is 1. The van der Waals surface area contributed by atoms with E-state index in [0.717, 1.165) is 16.4 Å². The molecule has 0 fully saturated rings. The van der Waals surface area contributed by atoms with Crippen molar-refractivity contribution < 1.29 is 22.7 Å². The van der Waals surface area contributed by atoms with Crippen LogP contribution in [0.15, 0.2) is 54.7 Å². The lowest BCUT2D eigenvalue weighted by atomic mass is 9.96. The van der Waals surface area contributed by atoms with E-state index in [4.69, 9.17) is 17.0 Å². The van der Waals surface area contributed by atoms with Gasteiger partial charge in [-0.25, -0.2) is 4.68 Å². The van der Waals surface area contributed by atoms with Crippen molar-refractivity contribution >= 4 is 34.7 Å². The SMILES string of the molecule is COc1ccc([C@H]2C[C@@H](C(F)(F)F)n3ncc(C(=O)NNC(=S)Nc4ccc(C)cc4)c3N2)cc1. The van der Waals surface area contributed by atoms with Gasteiger partial charge in [-0.15, -0.1) is 0 Å². The highest BCUT2D eigenvalue weighted by Crippen LogP contribution is 2.44. The molecule has 1 aromatic heterocycles. The lowest BCUT2D eigenvalue weighted by molar-refractivity contribution is -0.173. The molecule has 4 rings (SSSR count). The number of carbonyl (C=O) groups is 1. The Morgan fingerprint density at radius 2 is 1.83 bits per heavy atom. The fourth-order valence-corrected chi connectivity index (χ4v) is 3.93. The third-order valence-corrected chi connectivity index (χ3v) is 5.80. The average molecular weight is 505 g/mol. The molecule has 1 amide bonds. The number of benzene rings is 2. The Balaban J connectivity index is 1.51. The number of nitrogens with zero attached hydrogens (tertiary/aromatic N) is 2. The zero-order valence-corrected chi connectivity index (χ0v) is 19.6. The molecule has 2 atom stereocenters. The monoisotopic (exact) mass is 504 g/mol. The molecule has 0 saturated carbocycles. The minimum atomic E-state index is -4.56. The Morgan fingerprint density at radius 1 is 1.14 bits per heavy atom. The number of hydrogen-bond acceptors (Lipinski definition) is 5. The van der Waals surface area contributed by atoms with Gasteiger partial charge >= 0.3 is 6.18 Å². The highest BCUT2D eigenvalue weighted by Gasteiger charge is 2.47. The van der Waals surface area contributed by atoms with Crippen molar-refractivity contribution in [2.75, 3.05) is 17.7 Å². The predicted molar refractivity (Wildman–Crippen MR) is 129 cm³/mol. The van der Waals surface area contributed by atoms with E-state index < -0.39 is 24.2 Å². The fraction of sp³-hybridized carbons (Fsp3) is 0.261. The van der Waals surface area contributed by atoms with Crippen molar-refractivity contribution in [2.45, 2.75) is 31.6 Å². The van der Waals surface area contributed by atoms with Gasteiger partial charge < -0.3 is 15.4 Å². The summed E-state index contributed by atoms with van der Waals surface area (Å²) in [6, 6.07) is 11.6. The molecule has 1 aliphatic heterocycles. The summed E-state index contributed by atoms with van der Waals surface area (Å²) < 4.78 is 47.6. The van der Waals surface area contributed by atoms with Crippen LogP contribution in [0.4, 0.5) is 24.7 Å². The number of alkyl halides is 3. The molecule has 2 aromatic carbocycles. The predicted octanol–water partition coefficient (Wildman–Crippen LogP) is 4.49. The first-order valence-electron chi connectivity index (χ1n) is 10.6. The number of aryl methyl sites for hydroxylation is 1. The zero-order valence-electron chi connectivity index (χ0n) is 18.8. The van der Waals surface area contributed by atoms with E-state index in [0.29, 0.717) is 17.0 Å². The van der Waals surface area contributed by atoms with Crippen LogP contribution >= 0.6 is 12.2 Å². The first-order chi connectivity index (χ1) is 16.7. The Kier molecular flexibility index (Phi) is 6.83. The highest BCUT2D eigenvalue weighted by atomic mass is 32.1. The second-order valence-corrected chi connectivity index (χ2v) is 8.42. The van der Waals surface area contributed by atoms with E-state index in [9.17, 15) is 18.0 Å². The van der Waals surface area contributed by atoms with Crippen LogP contribution in [-0.2, 0) is 0 Å². The number of hydrazine groups is 1. The molecule has 1 aliphatic rings. The number of rotatable bonds is 4. The summed E-state index contributed by atoms with van der Waals surface area (Å²) in [5.41, 5.74) is 7.32. The van der Waals surface area contributed by atoms with Gasteiger partial charge in [0.1, 0.15) is 17.1 Å². The van der Waals surface area contributed by atoms with Gasteiger partial charge in [-0.05, 0) is 49.0 Å². The van der Waals surface area contributed by atoms with Crippen LogP contribution < -0.4 is 26.2 Å². The van der Waals surface area contributed by atoms with E-state index in [1.807, 2.05) is 31.2 Å². The molecule has 0 radical (unpaired) electrons. The molecule has 184 valence electrons. The number of hydrogen-bond donors (Lipinski definition) is 4. The van der Waals surface area contributed by atoms with Gasteiger partial charge in [0.25, 0.3) is 5.91 Å². The van der Waals surface area contributed by atoms with Gasteiger partial charge in [0, 0.05) is 12.1 Å². The normalized spacial score (nSPS) is 17.1. The third kappa shape index (κ3) is 5.48.